The number of nitrogens with zero attached hydrogens (tertiary/aromatic N) is 1. The molecule has 5 heteroatoms. The average Bonchev–Trinajstić information content (AvgIpc) is 3.38. The minimum absolute atomic E-state index is 0.108. The summed E-state index contributed by atoms with van der Waals surface area (Å²) in [7, 11) is 1.66. The molecule has 0 saturated heterocycles. The van der Waals surface area contributed by atoms with E-state index in [1.54, 1.807) is 7.11 Å². The minimum Gasteiger partial charge on any atom is -0.497 e. The Hall–Kier alpha value is -2.66. The molecule has 0 aliphatic heterocycles. The zero-order valence-corrected chi connectivity index (χ0v) is 17.7. The van der Waals surface area contributed by atoms with Crippen LogP contribution in [0.2, 0.25) is 0 Å². The molecule has 1 aromatic carbocycles. The van der Waals surface area contributed by atoms with Gasteiger partial charge in [-0.3, -0.25) is 0 Å². The second-order valence-corrected chi connectivity index (χ2v) is 7.86. The molecule has 1 heterocycles. The SMILES string of the molecule is CCc1oc(-c2ccc(OC)cc2)nc1CCOC1C=C2CC[C@H](CC=O)C2=CC1. The molecule has 5 nitrogen and oxygen atoms in total. The fourth-order valence-corrected chi connectivity index (χ4v) is 4.40. The maximum atomic E-state index is 10.9. The number of fused-ring (bicyclic) bond motifs is 1. The van der Waals surface area contributed by atoms with Gasteiger partial charge in [-0.1, -0.05) is 19.1 Å². The van der Waals surface area contributed by atoms with E-state index in [-0.39, 0.29) is 6.10 Å². The van der Waals surface area contributed by atoms with Crippen LogP contribution in [0.15, 0.2) is 52.0 Å². The van der Waals surface area contributed by atoms with Crippen molar-refractivity contribution in [1.29, 1.82) is 0 Å². The van der Waals surface area contributed by atoms with E-state index in [9.17, 15) is 4.79 Å². The summed E-state index contributed by atoms with van der Waals surface area (Å²) in [4.78, 5) is 15.6. The predicted octanol–water partition coefficient (Wildman–Crippen LogP) is 5.10. The lowest BCUT2D eigenvalue weighted by molar-refractivity contribution is -0.108. The largest absolute Gasteiger partial charge is 0.497 e. The Bertz CT molecular complexity index is 939. The molecule has 0 N–H and O–H groups in total. The molecule has 2 aliphatic carbocycles. The number of aromatic nitrogens is 1. The van der Waals surface area contributed by atoms with E-state index in [1.165, 1.54) is 11.1 Å². The normalized spacial score (nSPS) is 20.5. The summed E-state index contributed by atoms with van der Waals surface area (Å²) >= 11 is 0. The Balaban J connectivity index is 1.35. The maximum absolute atomic E-state index is 10.9. The van der Waals surface area contributed by atoms with Gasteiger partial charge in [0.05, 0.1) is 25.5 Å². The van der Waals surface area contributed by atoms with Crippen LogP contribution < -0.4 is 4.74 Å². The third kappa shape index (κ3) is 4.41. The fourth-order valence-electron chi connectivity index (χ4n) is 4.40. The Labute approximate surface area is 177 Å². The van der Waals surface area contributed by atoms with Crippen molar-refractivity contribution in [3.05, 3.63) is 59.0 Å². The van der Waals surface area contributed by atoms with E-state index in [4.69, 9.17) is 18.9 Å². The highest BCUT2D eigenvalue weighted by atomic mass is 16.5. The lowest BCUT2D eigenvalue weighted by Crippen LogP contribution is -2.16. The van der Waals surface area contributed by atoms with E-state index in [2.05, 4.69) is 19.1 Å². The van der Waals surface area contributed by atoms with Gasteiger partial charge in [-0.2, -0.15) is 0 Å². The molecular weight excluding hydrogens is 378 g/mol. The van der Waals surface area contributed by atoms with Crippen molar-refractivity contribution in [1.82, 2.24) is 4.98 Å². The van der Waals surface area contributed by atoms with Gasteiger partial charge in [0.15, 0.2) is 0 Å². The number of hydrogen-bond donors (Lipinski definition) is 0. The molecule has 1 unspecified atom stereocenters. The first-order valence-corrected chi connectivity index (χ1v) is 10.8. The molecule has 30 heavy (non-hydrogen) atoms. The zero-order valence-electron chi connectivity index (χ0n) is 17.7. The maximum Gasteiger partial charge on any atom is 0.226 e. The van der Waals surface area contributed by atoms with Gasteiger partial charge >= 0.3 is 0 Å². The van der Waals surface area contributed by atoms with Crippen LogP contribution in [-0.4, -0.2) is 31.1 Å². The second-order valence-electron chi connectivity index (χ2n) is 7.86. The Morgan fingerprint density at radius 1 is 1.27 bits per heavy atom. The Morgan fingerprint density at radius 2 is 2.10 bits per heavy atom. The fraction of sp³-hybridized carbons (Fsp3) is 0.440. The monoisotopic (exact) mass is 407 g/mol. The topological polar surface area (TPSA) is 61.6 Å². The highest BCUT2D eigenvalue weighted by Gasteiger charge is 2.28. The molecule has 158 valence electrons. The zero-order chi connectivity index (χ0) is 20.9. The van der Waals surface area contributed by atoms with Gasteiger partial charge in [0, 0.05) is 24.8 Å². The smallest absolute Gasteiger partial charge is 0.226 e. The average molecular weight is 408 g/mol. The molecule has 1 aromatic heterocycles. The number of aryl methyl sites for hydroxylation is 1. The summed E-state index contributed by atoms with van der Waals surface area (Å²) in [5.74, 6) is 2.78. The Morgan fingerprint density at radius 3 is 2.83 bits per heavy atom. The first-order chi connectivity index (χ1) is 14.7. The van der Waals surface area contributed by atoms with E-state index < -0.39 is 0 Å². The van der Waals surface area contributed by atoms with E-state index in [0.29, 0.717) is 24.8 Å². The highest BCUT2D eigenvalue weighted by Crippen LogP contribution is 2.40. The summed E-state index contributed by atoms with van der Waals surface area (Å²) in [6.45, 7) is 2.69. The number of ether oxygens (including phenoxy) is 2. The molecule has 0 radical (unpaired) electrons. The molecule has 0 bridgehead atoms. The third-order valence-corrected chi connectivity index (χ3v) is 6.02. The van der Waals surface area contributed by atoms with Gasteiger partial charge in [-0.15, -0.1) is 0 Å². The van der Waals surface area contributed by atoms with Crippen LogP contribution in [0.5, 0.6) is 5.75 Å². The number of hydrogen-bond acceptors (Lipinski definition) is 5. The number of benzene rings is 1. The van der Waals surface area contributed by atoms with Crippen LogP contribution in [0.3, 0.4) is 0 Å². The molecule has 4 rings (SSSR count). The van der Waals surface area contributed by atoms with Gasteiger partial charge in [0.25, 0.3) is 0 Å². The number of oxazole rings is 1. The summed E-state index contributed by atoms with van der Waals surface area (Å²) in [5.41, 5.74) is 4.65. The van der Waals surface area contributed by atoms with Crippen molar-refractivity contribution >= 4 is 6.29 Å². The second kappa shape index (κ2) is 9.43. The van der Waals surface area contributed by atoms with Crippen LogP contribution in [0.4, 0.5) is 0 Å². The third-order valence-electron chi connectivity index (χ3n) is 6.02. The standard InChI is InChI=1S/C25H29NO4/c1-3-24-23(26-25(30-24)18-6-8-20(28-2)9-7-18)13-15-29-21-10-11-22-17(12-14-27)4-5-19(22)16-21/h6-9,11,14,16-17,21H,3-5,10,12-13,15H2,1-2H3/t17-,21?/m1/s1. The van der Waals surface area contributed by atoms with Crippen molar-refractivity contribution in [2.24, 2.45) is 5.92 Å². The number of aldehydes is 1. The van der Waals surface area contributed by atoms with Gasteiger partial charge < -0.3 is 18.7 Å². The molecule has 0 spiro atoms. The van der Waals surface area contributed by atoms with Crippen LogP contribution in [0.25, 0.3) is 11.5 Å². The van der Waals surface area contributed by atoms with Gasteiger partial charge in [-0.05, 0) is 60.6 Å². The molecule has 2 aliphatic rings. The number of carbonyl (C=O) groups excluding carboxylic acids is 1. The van der Waals surface area contributed by atoms with Crippen LogP contribution in [-0.2, 0) is 22.4 Å². The van der Waals surface area contributed by atoms with Crippen LogP contribution >= 0.6 is 0 Å². The molecule has 1 fully saturated rings. The molecule has 1 saturated carbocycles. The van der Waals surface area contributed by atoms with E-state index in [1.807, 2.05) is 24.3 Å². The molecule has 2 atom stereocenters. The van der Waals surface area contributed by atoms with Crippen molar-refractivity contribution in [3.8, 4) is 17.2 Å². The summed E-state index contributed by atoms with van der Waals surface area (Å²) in [5, 5.41) is 0. The summed E-state index contributed by atoms with van der Waals surface area (Å²) in [6, 6.07) is 7.74. The first kappa shape index (κ1) is 20.6. The summed E-state index contributed by atoms with van der Waals surface area (Å²) < 4.78 is 17.4. The van der Waals surface area contributed by atoms with Gasteiger partial charge in [0.1, 0.15) is 17.8 Å². The predicted molar refractivity (Wildman–Crippen MR) is 116 cm³/mol. The number of allylic oxidation sites excluding steroid dienone is 2. The lowest BCUT2D eigenvalue weighted by Gasteiger charge is -2.20. The van der Waals surface area contributed by atoms with Crippen molar-refractivity contribution < 1.29 is 18.7 Å². The van der Waals surface area contributed by atoms with Crippen molar-refractivity contribution in [3.63, 3.8) is 0 Å². The van der Waals surface area contributed by atoms with E-state index >= 15 is 0 Å². The minimum atomic E-state index is 0.108. The highest BCUT2D eigenvalue weighted by molar-refractivity contribution is 5.55. The summed E-state index contributed by atoms with van der Waals surface area (Å²) in [6.07, 6.45) is 10.9. The lowest BCUT2D eigenvalue weighted by atomic mass is 9.92. The van der Waals surface area contributed by atoms with Crippen LogP contribution in [0, 0.1) is 5.92 Å². The van der Waals surface area contributed by atoms with Crippen molar-refractivity contribution in [2.45, 2.75) is 51.6 Å². The number of rotatable bonds is 9. The first-order valence-electron chi connectivity index (χ1n) is 10.8. The Kier molecular flexibility index (Phi) is 6.48. The molecular formula is C25H29NO4. The quantitative estimate of drug-likeness (QED) is 0.542. The van der Waals surface area contributed by atoms with Crippen LogP contribution in [0.1, 0.15) is 44.1 Å². The molecule has 0 amide bonds. The van der Waals surface area contributed by atoms with Gasteiger partial charge in [0.2, 0.25) is 5.89 Å². The van der Waals surface area contributed by atoms with Gasteiger partial charge in [-0.25, -0.2) is 4.98 Å². The molecule has 2 aromatic rings. The van der Waals surface area contributed by atoms with E-state index in [0.717, 1.165) is 61.2 Å². The number of methoxy groups -OCH3 is 1. The number of carbonyl (C=O) groups is 1. The van der Waals surface area contributed by atoms with Crippen molar-refractivity contribution in [2.75, 3.05) is 13.7 Å².